The number of nitrogens with zero attached hydrogens (tertiary/aromatic N) is 4. The van der Waals surface area contributed by atoms with Crippen LogP contribution in [0.2, 0.25) is 0 Å². The average molecular weight is 333 g/mol. The molecule has 7 heteroatoms. The van der Waals surface area contributed by atoms with Gasteiger partial charge in [-0.25, -0.2) is 0 Å². The molecule has 0 spiro atoms. The molecule has 0 unspecified atom stereocenters. The summed E-state index contributed by atoms with van der Waals surface area (Å²) in [7, 11) is 0. The number of carbonyl (C=O) groups is 1. The number of hydrogen-bond donors (Lipinski definition) is 1. The number of H-pyrrole nitrogens is 1. The van der Waals surface area contributed by atoms with Gasteiger partial charge in [-0.1, -0.05) is 0 Å². The van der Waals surface area contributed by atoms with E-state index in [0.717, 1.165) is 52.2 Å². The zero-order valence-corrected chi connectivity index (χ0v) is 14.3. The van der Waals surface area contributed by atoms with Gasteiger partial charge >= 0.3 is 0 Å². The Morgan fingerprint density at radius 2 is 1.79 bits per heavy atom. The molecule has 1 aliphatic carbocycles. The van der Waals surface area contributed by atoms with Crippen LogP contribution in [0.5, 0.6) is 0 Å². The summed E-state index contributed by atoms with van der Waals surface area (Å²) in [5.41, 5.74) is 4.04. The Morgan fingerprint density at radius 3 is 2.58 bits per heavy atom. The van der Waals surface area contributed by atoms with Gasteiger partial charge in [0.25, 0.3) is 0 Å². The predicted molar refractivity (Wildman–Crippen MR) is 89.7 cm³/mol. The van der Waals surface area contributed by atoms with Crippen molar-refractivity contribution in [2.24, 2.45) is 0 Å². The van der Waals surface area contributed by atoms with E-state index in [-0.39, 0.29) is 5.91 Å². The minimum Gasteiger partial charge on any atom is -0.378 e. The maximum Gasteiger partial charge on any atom is 0.236 e. The van der Waals surface area contributed by atoms with Crippen LogP contribution in [0.3, 0.4) is 0 Å². The number of hydrogen-bond acceptors (Lipinski definition) is 5. The molecule has 7 nitrogen and oxygen atoms in total. The molecule has 2 saturated heterocycles. The number of rotatable bonds is 4. The Balaban J connectivity index is 1.24. The van der Waals surface area contributed by atoms with Gasteiger partial charge in [-0.05, 0) is 24.8 Å². The van der Waals surface area contributed by atoms with Crippen molar-refractivity contribution in [1.82, 2.24) is 24.9 Å². The number of aromatic nitrogens is 2. The summed E-state index contributed by atoms with van der Waals surface area (Å²) in [6.07, 6.45) is 3.59. The van der Waals surface area contributed by atoms with Crippen molar-refractivity contribution in [2.75, 3.05) is 59.0 Å². The summed E-state index contributed by atoms with van der Waals surface area (Å²) < 4.78 is 5.31. The number of fused-ring (bicyclic) bond motifs is 1. The van der Waals surface area contributed by atoms with Gasteiger partial charge in [0.1, 0.15) is 0 Å². The molecule has 0 bridgehead atoms. The second-order valence-electron chi connectivity index (χ2n) is 7.03. The van der Waals surface area contributed by atoms with Crippen LogP contribution in [0, 0.1) is 0 Å². The minimum atomic E-state index is 0.247. The van der Waals surface area contributed by atoms with Crippen molar-refractivity contribution >= 4 is 5.91 Å². The third-order valence-electron chi connectivity index (χ3n) is 5.45. The quantitative estimate of drug-likeness (QED) is 0.832. The van der Waals surface area contributed by atoms with Crippen LogP contribution in [0.15, 0.2) is 0 Å². The predicted octanol–water partition coefficient (Wildman–Crippen LogP) is -0.125. The number of aromatic amines is 1. The van der Waals surface area contributed by atoms with Gasteiger partial charge in [-0.3, -0.25) is 19.7 Å². The fraction of sp³-hybridized carbons (Fsp3) is 0.765. The summed E-state index contributed by atoms with van der Waals surface area (Å²) in [4.78, 5) is 19.0. The molecule has 24 heavy (non-hydrogen) atoms. The first-order valence-electron chi connectivity index (χ1n) is 9.15. The van der Waals surface area contributed by atoms with Crippen molar-refractivity contribution in [3.8, 4) is 0 Å². The summed E-state index contributed by atoms with van der Waals surface area (Å²) in [5.74, 6) is 0.247. The van der Waals surface area contributed by atoms with Gasteiger partial charge in [0.15, 0.2) is 0 Å². The Bertz CT molecular complexity index is 574. The molecule has 2 fully saturated rings. The van der Waals surface area contributed by atoms with Crippen molar-refractivity contribution < 1.29 is 9.53 Å². The highest BCUT2D eigenvalue weighted by Crippen LogP contribution is 2.23. The summed E-state index contributed by atoms with van der Waals surface area (Å²) in [6, 6.07) is 0. The molecule has 1 aromatic rings. The van der Waals surface area contributed by atoms with Crippen LogP contribution in [-0.4, -0.2) is 89.8 Å². The average Bonchev–Trinajstić information content (AvgIpc) is 3.22. The second kappa shape index (κ2) is 7.21. The smallest absolute Gasteiger partial charge is 0.236 e. The number of piperazine rings is 1. The number of ether oxygens (including phenoxy) is 1. The monoisotopic (exact) mass is 333 g/mol. The van der Waals surface area contributed by atoms with Crippen LogP contribution in [0.1, 0.15) is 23.4 Å². The standard InChI is InChI=1S/C17H27N5O2/c23-17(22-8-10-24-11-9-22)13-21-6-4-20(5-7-21)12-16-14-2-1-3-15(14)18-19-16/h1-13H2,(H,18,19). The van der Waals surface area contributed by atoms with Gasteiger partial charge in [0.05, 0.1) is 25.5 Å². The van der Waals surface area contributed by atoms with Crippen LogP contribution in [0.25, 0.3) is 0 Å². The fourth-order valence-corrected chi connectivity index (χ4v) is 3.94. The third kappa shape index (κ3) is 3.48. The Morgan fingerprint density at radius 1 is 1.04 bits per heavy atom. The number of amides is 1. The molecule has 2 aliphatic heterocycles. The lowest BCUT2D eigenvalue weighted by Crippen LogP contribution is -2.51. The number of aryl methyl sites for hydroxylation is 1. The number of carbonyl (C=O) groups excluding carboxylic acids is 1. The first-order chi connectivity index (χ1) is 11.8. The highest BCUT2D eigenvalue weighted by atomic mass is 16.5. The molecule has 1 aromatic heterocycles. The molecule has 4 rings (SSSR count). The maximum atomic E-state index is 12.3. The first kappa shape index (κ1) is 16.1. The Kier molecular flexibility index (Phi) is 4.82. The van der Waals surface area contributed by atoms with E-state index in [1.54, 1.807) is 0 Å². The van der Waals surface area contributed by atoms with E-state index in [9.17, 15) is 4.79 Å². The zero-order chi connectivity index (χ0) is 16.4. The molecule has 132 valence electrons. The normalized spacial score (nSPS) is 22.8. The van der Waals surface area contributed by atoms with E-state index < -0.39 is 0 Å². The largest absolute Gasteiger partial charge is 0.378 e. The number of morpholine rings is 1. The molecule has 1 amide bonds. The number of nitrogens with one attached hydrogen (secondary N) is 1. The van der Waals surface area contributed by atoms with E-state index in [2.05, 4.69) is 20.0 Å². The van der Waals surface area contributed by atoms with Crippen LogP contribution in [0.4, 0.5) is 0 Å². The second-order valence-corrected chi connectivity index (χ2v) is 7.03. The van der Waals surface area contributed by atoms with Crippen LogP contribution >= 0.6 is 0 Å². The Labute approximate surface area is 142 Å². The van der Waals surface area contributed by atoms with Crippen molar-refractivity contribution in [3.05, 3.63) is 17.0 Å². The van der Waals surface area contributed by atoms with Gasteiger partial charge in [0, 0.05) is 51.5 Å². The third-order valence-corrected chi connectivity index (χ3v) is 5.45. The molecule has 3 aliphatic rings. The Hall–Kier alpha value is -1.44. The lowest BCUT2D eigenvalue weighted by atomic mass is 10.2. The lowest BCUT2D eigenvalue weighted by molar-refractivity contribution is -0.136. The van der Waals surface area contributed by atoms with E-state index >= 15 is 0 Å². The van der Waals surface area contributed by atoms with Crippen LogP contribution in [-0.2, 0) is 28.9 Å². The molecule has 1 N–H and O–H groups in total. The summed E-state index contributed by atoms with van der Waals surface area (Å²) >= 11 is 0. The van der Waals surface area contributed by atoms with Crippen LogP contribution < -0.4 is 0 Å². The van der Waals surface area contributed by atoms with Crippen molar-refractivity contribution in [2.45, 2.75) is 25.8 Å². The van der Waals surface area contributed by atoms with E-state index in [4.69, 9.17) is 4.74 Å². The fourth-order valence-electron chi connectivity index (χ4n) is 3.94. The molecular weight excluding hydrogens is 306 g/mol. The van der Waals surface area contributed by atoms with E-state index in [1.165, 1.54) is 29.8 Å². The van der Waals surface area contributed by atoms with Gasteiger partial charge < -0.3 is 9.64 Å². The minimum absolute atomic E-state index is 0.247. The summed E-state index contributed by atoms with van der Waals surface area (Å²) in [6.45, 7) is 8.26. The maximum absolute atomic E-state index is 12.3. The first-order valence-corrected chi connectivity index (χ1v) is 9.15. The van der Waals surface area contributed by atoms with E-state index in [1.807, 2.05) is 4.90 Å². The van der Waals surface area contributed by atoms with Gasteiger partial charge in [0.2, 0.25) is 5.91 Å². The molecule has 0 radical (unpaired) electrons. The van der Waals surface area contributed by atoms with Gasteiger partial charge in [-0.15, -0.1) is 0 Å². The van der Waals surface area contributed by atoms with E-state index in [0.29, 0.717) is 19.8 Å². The van der Waals surface area contributed by atoms with Gasteiger partial charge in [-0.2, -0.15) is 5.10 Å². The SMILES string of the molecule is O=C(CN1CCN(Cc2n[nH]c3c2CCC3)CC1)N1CCOCC1. The molecule has 0 aromatic carbocycles. The molecule has 0 saturated carbocycles. The molecular formula is C17H27N5O2. The van der Waals surface area contributed by atoms with Crippen molar-refractivity contribution in [3.63, 3.8) is 0 Å². The lowest BCUT2D eigenvalue weighted by Gasteiger charge is -2.35. The topological polar surface area (TPSA) is 64.7 Å². The highest BCUT2D eigenvalue weighted by molar-refractivity contribution is 5.78. The van der Waals surface area contributed by atoms with Crippen molar-refractivity contribution in [1.29, 1.82) is 0 Å². The highest BCUT2D eigenvalue weighted by Gasteiger charge is 2.25. The molecule has 3 heterocycles. The molecule has 0 atom stereocenters. The zero-order valence-electron chi connectivity index (χ0n) is 14.3. The summed E-state index contributed by atoms with van der Waals surface area (Å²) in [5, 5.41) is 7.71.